The molecule has 0 fully saturated rings. The largest absolute Gasteiger partial charge is 0.493 e. The molecule has 19 heavy (non-hydrogen) atoms. The molecule has 0 radical (unpaired) electrons. The highest BCUT2D eigenvalue weighted by Crippen LogP contribution is 2.30. The molecule has 2 aromatic rings. The minimum atomic E-state index is -0.950. The van der Waals surface area contributed by atoms with Crippen molar-refractivity contribution in [2.24, 2.45) is 12.9 Å². The molecule has 0 amide bonds. The van der Waals surface area contributed by atoms with E-state index in [0.29, 0.717) is 11.4 Å². The number of halogens is 2. The number of hydrogen-bond donors (Lipinski definition) is 2. The molecular weight excluding hydrogens is 254 g/mol. The highest BCUT2D eigenvalue weighted by Gasteiger charge is 2.25. The summed E-state index contributed by atoms with van der Waals surface area (Å²) in [5.41, 5.74) is 3.05. The van der Waals surface area contributed by atoms with Crippen LogP contribution in [0.3, 0.4) is 0 Å². The first-order valence-electron chi connectivity index (χ1n) is 5.56. The van der Waals surface area contributed by atoms with Crippen molar-refractivity contribution in [3.8, 4) is 5.75 Å². The molecule has 1 aromatic carbocycles. The lowest BCUT2D eigenvalue weighted by Gasteiger charge is -2.18. The Hall–Kier alpha value is -1.99. The number of methoxy groups -OCH3 is 1. The monoisotopic (exact) mass is 268 g/mol. The van der Waals surface area contributed by atoms with Gasteiger partial charge in [-0.2, -0.15) is 5.10 Å². The number of nitrogens with two attached hydrogens (primary N) is 1. The summed E-state index contributed by atoms with van der Waals surface area (Å²) in [6.07, 6.45) is 1.48. The molecule has 3 N–H and O–H groups in total. The number of aromatic nitrogens is 2. The Morgan fingerprint density at radius 2 is 2.16 bits per heavy atom. The van der Waals surface area contributed by atoms with Gasteiger partial charge in [0.05, 0.1) is 19.3 Å². The third-order valence-electron chi connectivity index (χ3n) is 2.90. The molecule has 0 saturated heterocycles. The summed E-state index contributed by atoms with van der Waals surface area (Å²) in [6.45, 7) is 0. The van der Waals surface area contributed by atoms with Crippen molar-refractivity contribution in [2.75, 3.05) is 7.11 Å². The van der Waals surface area contributed by atoms with Crippen molar-refractivity contribution in [1.29, 1.82) is 0 Å². The Bertz CT molecular complexity index is 585. The maximum atomic E-state index is 13.9. The number of aryl methyl sites for hydroxylation is 1. The Morgan fingerprint density at radius 1 is 1.42 bits per heavy atom. The highest BCUT2D eigenvalue weighted by molar-refractivity contribution is 5.37. The molecule has 1 unspecified atom stereocenters. The van der Waals surface area contributed by atoms with Crippen LogP contribution >= 0.6 is 0 Å². The van der Waals surface area contributed by atoms with Crippen LogP contribution in [0.4, 0.5) is 8.78 Å². The van der Waals surface area contributed by atoms with Crippen LogP contribution in [0.2, 0.25) is 0 Å². The second-order valence-corrected chi connectivity index (χ2v) is 3.96. The second kappa shape index (κ2) is 5.33. The number of nitrogens with zero attached hydrogens (tertiary/aromatic N) is 2. The van der Waals surface area contributed by atoms with E-state index in [1.165, 1.54) is 30.1 Å². The molecule has 0 saturated carbocycles. The van der Waals surface area contributed by atoms with Crippen molar-refractivity contribution < 1.29 is 13.5 Å². The molecule has 1 atom stereocenters. The fraction of sp³-hybridized carbons (Fsp3) is 0.250. The Kier molecular flexibility index (Phi) is 3.77. The fourth-order valence-electron chi connectivity index (χ4n) is 1.97. The maximum Gasteiger partial charge on any atom is 0.164 e. The Morgan fingerprint density at radius 3 is 2.79 bits per heavy atom. The normalized spacial score (nSPS) is 12.5. The summed E-state index contributed by atoms with van der Waals surface area (Å²) in [6, 6.07) is 3.15. The third kappa shape index (κ3) is 2.29. The van der Waals surface area contributed by atoms with Crippen molar-refractivity contribution in [3.63, 3.8) is 0 Å². The summed E-state index contributed by atoms with van der Waals surface area (Å²) in [5, 5.41) is 4.01. The topological polar surface area (TPSA) is 65.1 Å². The van der Waals surface area contributed by atoms with Crippen molar-refractivity contribution in [2.45, 2.75) is 6.04 Å². The van der Waals surface area contributed by atoms with E-state index in [-0.39, 0.29) is 5.56 Å². The minimum Gasteiger partial charge on any atom is -0.493 e. The predicted molar refractivity (Wildman–Crippen MR) is 65.3 cm³/mol. The van der Waals surface area contributed by atoms with Gasteiger partial charge in [0.1, 0.15) is 5.69 Å². The lowest BCUT2D eigenvalue weighted by atomic mass is 10.0. The molecule has 1 heterocycles. The molecule has 0 aliphatic rings. The average molecular weight is 268 g/mol. The zero-order valence-electron chi connectivity index (χ0n) is 10.5. The number of benzene rings is 1. The molecule has 0 aliphatic carbocycles. The van der Waals surface area contributed by atoms with E-state index < -0.39 is 17.7 Å². The van der Waals surface area contributed by atoms with Gasteiger partial charge in [0.2, 0.25) is 0 Å². The molecule has 5 nitrogen and oxygen atoms in total. The Labute approximate surface area is 108 Å². The molecular formula is C12H14F2N4O. The van der Waals surface area contributed by atoms with Crippen LogP contribution in [0.5, 0.6) is 5.75 Å². The van der Waals surface area contributed by atoms with Gasteiger partial charge in [0, 0.05) is 12.6 Å². The van der Waals surface area contributed by atoms with Gasteiger partial charge >= 0.3 is 0 Å². The van der Waals surface area contributed by atoms with Gasteiger partial charge in [-0.05, 0) is 6.07 Å². The first-order chi connectivity index (χ1) is 9.10. The summed E-state index contributed by atoms with van der Waals surface area (Å²) in [4.78, 5) is 0. The number of nitrogens with one attached hydrogen (secondary N) is 1. The van der Waals surface area contributed by atoms with E-state index >= 15 is 0 Å². The van der Waals surface area contributed by atoms with E-state index in [2.05, 4.69) is 10.5 Å². The van der Waals surface area contributed by atoms with Gasteiger partial charge in [-0.1, -0.05) is 12.1 Å². The summed E-state index contributed by atoms with van der Waals surface area (Å²) >= 11 is 0. The summed E-state index contributed by atoms with van der Waals surface area (Å²) < 4.78 is 33.8. The van der Waals surface area contributed by atoms with E-state index in [1.54, 1.807) is 7.05 Å². The van der Waals surface area contributed by atoms with E-state index in [4.69, 9.17) is 10.6 Å². The van der Waals surface area contributed by atoms with Crippen LogP contribution in [0.25, 0.3) is 0 Å². The van der Waals surface area contributed by atoms with Crippen molar-refractivity contribution in [3.05, 3.63) is 47.3 Å². The number of hydrazine groups is 1. The second-order valence-electron chi connectivity index (χ2n) is 3.96. The number of rotatable bonds is 4. The molecule has 1 aromatic heterocycles. The lowest BCUT2D eigenvalue weighted by Crippen LogP contribution is -2.31. The molecule has 0 aliphatic heterocycles. The first kappa shape index (κ1) is 13.4. The fourth-order valence-corrected chi connectivity index (χ4v) is 1.97. The van der Waals surface area contributed by atoms with Crippen LogP contribution in [0, 0.1) is 11.6 Å². The van der Waals surface area contributed by atoms with Crippen LogP contribution in [0.15, 0.2) is 24.4 Å². The molecule has 2 rings (SSSR count). The van der Waals surface area contributed by atoms with E-state index in [0.717, 1.165) is 6.07 Å². The molecule has 102 valence electrons. The van der Waals surface area contributed by atoms with Crippen LogP contribution in [-0.2, 0) is 7.05 Å². The lowest BCUT2D eigenvalue weighted by molar-refractivity contribution is 0.398. The number of ether oxygens (including phenoxy) is 1. The van der Waals surface area contributed by atoms with Crippen molar-refractivity contribution in [1.82, 2.24) is 15.2 Å². The number of hydrogen-bond acceptors (Lipinski definition) is 4. The zero-order valence-corrected chi connectivity index (χ0v) is 10.5. The smallest absolute Gasteiger partial charge is 0.164 e. The van der Waals surface area contributed by atoms with Gasteiger partial charge in [-0.3, -0.25) is 10.5 Å². The van der Waals surface area contributed by atoms with Gasteiger partial charge in [-0.25, -0.2) is 14.2 Å². The average Bonchev–Trinajstić information content (AvgIpc) is 2.77. The maximum absolute atomic E-state index is 13.9. The van der Waals surface area contributed by atoms with Crippen LogP contribution in [0.1, 0.15) is 17.3 Å². The zero-order chi connectivity index (χ0) is 14.0. The van der Waals surface area contributed by atoms with Gasteiger partial charge in [0.25, 0.3) is 0 Å². The van der Waals surface area contributed by atoms with E-state index in [9.17, 15) is 8.78 Å². The van der Waals surface area contributed by atoms with Gasteiger partial charge < -0.3 is 4.74 Å². The third-order valence-corrected chi connectivity index (χ3v) is 2.90. The molecule has 0 bridgehead atoms. The van der Waals surface area contributed by atoms with E-state index in [1.807, 2.05) is 0 Å². The molecule has 0 spiro atoms. The summed E-state index contributed by atoms with van der Waals surface area (Å²) in [5.74, 6) is 4.03. The predicted octanol–water partition coefficient (Wildman–Crippen LogP) is 1.26. The Balaban J connectivity index is 2.56. The quantitative estimate of drug-likeness (QED) is 0.647. The minimum absolute atomic E-state index is 0.0874. The van der Waals surface area contributed by atoms with Crippen LogP contribution in [-0.4, -0.2) is 16.9 Å². The summed E-state index contributed by atoms with van der Waals surface area (Å²) in [7, 11) is 3.13. The van der Waals surface area contributed by atoms with Crippen molar-refractivity contribution >= 4 is 0 Å². The standard InChI is InChI=1S/C12H14F2N4O/c1-18-12(9(19-2)6-16-18)11(17-15)7-4-3-5-8(13)10(7)14/h3-6,11,17H,15H2,1-2H3. The first-order valence-corrected chi connectivity index (χ1v) is 5.56. The SMILES string of the molecule is COc1cnn(C)c1C(NN)c1cccc(F)c1F. The van der Waals surface area contributed by atoms with Gasteiger partial charge in [0.15, 0.2) is 17.4 Å². The van der Waals surface area contributed by atoms with Gasteiger partial charge in [-0.15, -0.1) is 0 Å². The molecule has 7 heteroatoms. The highest BCUT2D eigenvalue weighted by atomic mass is 19.2. The van der Waals surface area contributed by atoms with Crippen LogP contribution < -0.4 is 16.0 Å².